The van der Waals surface area contributed by atoms with E-state index < -0.39 is 22.4 Å². The van der Waals surface area contributed by atoms with Gasteiger partial charge in [-0.1, -0.05) is 32.9 Å². The van der Waals surface area contributed by atoms with E-state index in [1.807, 2.05) is 20.8 Å². The molecule has 0 saturated carbocycles. The van der Waals surface area contributed by atoms with Crippen molar-refractivity contribution in [2.45, 2.75) is 45.2 Å². The van der Waals surface area contributed by atoms with E-state index in [0.29, 0.717) is 11.5 Å². The van der Waals surface area contributed by atoms with Crippen molar-refractivity contribution in [1.29, 1.82) is 0 Å². The van der Waals surface area contributed by atoms with Crippen molar-refractivity contribution in [3.63, 3.8) is 0 Å². The Labute approximate surface area is 154 Å². The summed E-state index contributed by atoms with van der Waals surface area (Å²) in [6, 6.07) is 4.97. The lowest BCUT2D eigenvalue weighted by Gasteiger charge is -2.21. The Morgan fingerprint density at radius 1 is 1.30 bits per heavy atom. The highest BCUT2D eigenvalue weighted by atomic mass is 16.6. The number of nitrogens with one attached hydrogen (secondary N) is 1. The van der Waals surface area contributed by atoms with Gasteiger partial charge in [-0.2, -0.15) is 0 Å². The molecular formula is C17H19N5O5. The Morgan fingerprint density at radius 3 is 2.59 bits per heavy atom. The SMILES string of the molecule is CC(C)(C)c1nnc(CN2C(=O)NC(C)(c3cccc([N+](=O)[O-])c3)C2=O)o1. The van der Waals surface area contributed by atoms with Crippen LogP contribution in [-0.4, -0.2) is 32.0 Å². The molecule has 1 atom stereocenters. The highest BCUT2D eigenvalue weighted by Gasteiger charge is 2.49. The van der Waals surface area contributed by atoms with Crippen LogP contribution in [0.1, 0.15) is 45.0 Å². The molecule has 1 fully saturated rings. The van der Waals surface area contributed by atoms with Crippen molar-refractivity contribution in [3.8, 4) is 0 Å². The molecule has 142 valence electrons. The fourth-order valence-electron chi connectivity index (χ4n) is 2.72. The number of carbonyl (C=O) groups is 2. The first kappa shape index (κ1) is 18.5. The summed E-state index contributed by atoms with van der Waals surface area (Å²) in [6.07, 6.45) is 0. The molecule has 0 bridgehead atoms. The van der Waals surface area contributed by atoms with Crippen LogP contribution in [0.25, 0.3) is 0 Å². The summed E-state index contributed by atoms with van der Waals surface area (Å²) >= 11 is 0. The van der Waals surface area contributed by atoms with Gasteiger partial charge in [0.2, 0.25) is 11.8 Å². The summed E-state index contributed by atoms with van der Waals surface area (Å²) in [5.41, 5.74) is -1.63. The monoisotopic (exact) mass is 373 g/mol. The lowest BCUT2D eigenvalue weighted by Crippen LogP contribution is -2.40. The maximum absolute atomic E-state index is 12.9. The largest absolute Gasteiger partial charge is 0.423 e. The third-order valence-electron chi connectivity index (χ3n) is 4.31. The summed E-state index contributed by atoms with van der Waals surface area (Å²) in [5, 5.41) is 21.4. The van der Waals surface area contributed by atoms with Gasteiger partial charge >= 0.3 is 6.03 Å². The fraction of sp³-hybridized carbons (Fsp3) is 0.412. The Morgan fingerprint density at radius 2 is 2.00 bits per heavy atom. The second-order valence-electron chi connectivity index (χ2n) is 7.50. The summed E-state index contributed by atoms with van der Waals surface area (Å²) < 4.78 is 5.55. The molecule has 1 aliphatic rings. The number of nitro benzene ring substituents is 1. The van der Waals surface area contributed by atoms with Crippen LogP contribution < -0.4 is 5.32 Å². The lowest BCUT2D eigenvalue weighted by atomic mass is 9.91. The second kappa shape index (κ2) is 6.15. The summed E-state index contributed by atoms with van der Waals surface area (Å²) in [6.45, 7) is 7.02. The second-order valence-corrected chi connectivity index (χ2v) is 7.50. The number of hydrogen-bond acceptors (Lipinski definition) is 7. The number of imide groups is 1. The lowest BCUT2D eigenvalue weighted by molar-refractivity contribution is -0.385. The Hall–Kier alpha value is -3.30. The van der Waals surface area contributed by atoms with Gasteiger partial charge in [0.15, 0.2) is 0 Å². The number of aromatic nitrogens is 2. The minimum absolute atomic E-state index is 0.131. The van der Waals surface area contributed by atoms with Crippen LogP contribution in [-0.2, 0) is 22.3 Å². The zero-order chi connectivity index (χ0) is 20.0. The molecule has 1 N–H and O–H groups in total. The van der Waals surface area contributed by atoms with Crippen molar-refractivity contribution in [3.05, 3.63) is 51.7 Å². The molecule has 1 aromatic heterocycles. The first-order chi connectivity index (χ1) is 12.5. The summed E-state index contributed by atoms with van der Waals surface area (Å²) in [7, 11) is 0. The summed E-state index contributed by atoms with van der Waals surface area (Å²) in [5.74, 6) is -0.0266. The molecule has 1 aromatic carbocycles. The van der Waals surface area contributed by atoms with Gasteiger partial charge in [-0.3, -0.25) is 19.8 Å². The van der Waals surface area contributed by atoms with Gasteiger partial charge in [-0.25, -0.2) is 4.79 Å². The number of nitro groups is 1. The molecule has 2 aromatic rings. The number of amides is 3. The molecule has 2 heterocycles. The quantitative estimate of drug-likeness (QED) is 0.494. The predicted molar refractivity (Wildman–Crippen MR) is 92.5 cm³/mol. The average molecular weight is 373 g/mol. The van der Waals surface area contributed by atoms with Gasteiger partial charge in [0.25, 0.3) is 11.6 Å². The molecule has 3 amide bonds. The average Bonchev–Trinajstić information content (AvgIpc) is 3.15. The number of non-ortho nitro benzene ring substituents is 1. The maximum Gasteiger partial charge on any atom is 0.325 e. The number of rotatable bonds is 4. The number of urea groups is 1. The molecule has 27 heavy (non-hydrogen) atoms. The van der Waals surface area contributed by atoms with Crippen molar-refractivity contribution >= 4 is 17.6 Å². The smallest absolute Gasteiger partial charge is 0.325 e. The number of benzene rings is 1. The molecule has 10 heteroatoms. The zero-order valence-electron chi connectivity index (χ0n) is 15.3. The van der Waals surface area contributed by atoms with E-state index in [1.54, 1.807) is 6.07 Å². The highest BCUT2D eigenvalue weighted by molar-refractivity contribution is 6.07. The van der Waals surface area contributed by atoms with Crippen molar-refractivity contribution in [2.75, 3.05) is 0 Å². The standard InChI is InChI=1S/C17H19N5O5/c1-16(2,3)13-20-19-12(27-13)9-21-14(23)17(4,18-15(21)24)10-6-5-7-11(8-10)22(25)26/h5-8H,9H2,1-4H3,(H,18,24). The molecule has 1 aliphatic heterocycles. The molecule has 0 aliphatic carbocycles. The van der Waals surface area contributed by atoms with Gasteiger partial charge in [0.05, 0.1) is 4.92 Å². The molecular weight excluding hydrogens is 354 g/mol. The zero-order valence-corrected chi connectivity index (χ0v) is 15.3. The van der Waals surface area contributed by atoms with E-state index in [9.17, 15) is 19.7 Å². The Kier molecular flexibility index (Phi) is 4.21. The van der Waals surface area contributed by atoms with E-state index in [-0.39, 0.29) is 23.5 Å². The number of carbonyl (C=O) groups excluding carboxylic acids is 2. The van der Waals surface area contributed by atoms with Crippen LogP contribution in [0.15, 0.2) is 28.7 Å². The van der Waals surface area contributed by atoms with E-state index in [2.05, 4.69) is 15.5 Å². The van der Waals surface area contributed by atoms with E-state index >= 15 is 0 Å². The van der Waals surface area contributed by atoms with Crippen LogP contribution in [0.3, 0.4) is 0 Å². The molecule has 3 rings (SSSR count). The molecule has 0 spiro atoms. The van der Waals surface area contributed by atoms with Crippen LogP contribution in [0.4, 0.5) is 10.5 Å². The van der Waals surface area contributed by atoms with E-state index in [4.69, 9.17) is 4.42 Å². The van der Waals surface area contributed by atoms with Gasteiger partial charge in [-0.05, 0) is 12.5 Å². The minimum Gasteiger partial charge on any atom is -0.423 e. The highest BCUT2D eigenvalue weighted by Crippen LogP contribution is 2.31. The molecule has 10 nitrogen and oxygen atoms in total. The maximum atomic E-state index is 12.9. The first-order valence-electron chi connectivity index (χ1n) is 8.24. The molecule has 1 unspecified atom stereocenters. The molecule has 1 saturated heterocycles. The number of nitrogens with zero attached hydrogens (tertiary/aromatic N) is 4. The van der Waals surface area contributed by atoms with Crippen molar-refractivity contribution in [2.24, 2.45) is 0 Å². The normalized spacial score (nSPS) is 20.1. The van der Waals surface area contributed by atoms with E-state index in [0.717, 1.165) is 4.90 Å². The number of hydrogen-bond donors (Lipinski definition) is 1. The minimum atomic E-state index is -1.42. The van der Waals surface area contributed by atoms with Crippen molar-refractivity contribution < 1.29 is 18.9 Å². The van der Waals surface area contributed by atoms with Gasteiger partial charge < -0.3 is 9.73 Å². The first-order valence-corrected chi connectivity index (χ1v) is 8.24. The predicted octanol–water partition coefficient (Wildman–Crippen LogP) is 2.24. The van der Waals surface area contributed by atoms with Gasteiger partial charge in [0.1, 0.15) is 12.1 Å². The third kappa shape index (κ3) is 3.25. The van der Waals surface area contributed by atoms with Gasteiger partial charge in [0, 0.05) is 17.5 Å². The molecule has 0 radical (unpaired) electrons. The van der Waals surface area contributed by atoms with Crippen LogP contribution in [0.2, 0.25) is 0 Å². The van der Waals surface area contributed by atoms with Crippen LogP contribution >= 0.6 is 0 Å². The van der Waals surface area contributed by atoms with Crippen LogP contribution in [0.5, 0.6) is 0 Å². The van der Waals surface area contributed by atoms with Crippen molar-refractivity contribution in [1.82, 2.24) is 20.4 Å². The topological polar surface area (TPSA) is 131 Å². The van der Waals surface area contributed by atoms with Gasteiger partial charge in [-0.15, -0.1) is 10.2 Å². The third-order valence-corrected chi connectivity index (χ3v) is 4.31. The fourth-order valence-corrected chi connectivity index (χ4v) is 2.72. The van der Waals surface area contributed by atoms with E-state index in [1.165, 1.54) is 25.1 Å². The van der Waals surface area contributed by atoms with Crippen LogP contribution in [0, 0.1) is 10.1 Å². The Bertz CT molecular complexity index is 932. The Balaban J connectivity index is 1.87. The summed E-state index contributed by atoms with van der Waals surface area (Å²) in [4.78, 5) is 36.7.